The maximum Gasteiger partial charge on any atom is 0.410 e. The van der Waals surface area contributed by atoms with Gasteiger partial charge in [0.1, 0.15) is 5.60 Å². The van der Waals surface area contributed by atoms with E-state index < -0.39 is 11.6 Å². The molecule has 122 valence electrons. The Morgan fingerprint density at radius 2 is 2.14 bits per heavy atom. The van der Waals surface area contributed by atoms with Crippen molar-refractivity contribution < 1.29 is 23.8 Å². The molecule has 1 fully saturated rings. The lowest BCUT2D eigenvalue weighted by Crippen LogP contribution is -2.35. The Kier molecular flexibility index (Phi) is 4.44. The lowest BCUT2D eigenvalue weighted by atomic mass is 10.1. The summed E-state index contributed by atoms with van der Waals surface area (Å²) in [6, 6.07) is 0. The van der Waals surface area contributed by atoms with Crippen LogP contribution in [0.15, 0.2) is 4.42 Å². The predicted molar refractivity (Wildman–Crippen MR) is 78.0 cm³/mol. The number of rotatable bonds is 3. The van der Waals surface area contributed by atoms with Crippen molar-refractivity contribution in [2.75, 3.05) is 13.1 Å². The van der Waals surface area contributed by atoms with E-state index in [2.05, 4.69) is 4.98 Å². The molecule has 1 aromatic heterocycles. The van der Waals surface area contributed by atoms with Gasteiger partial charge in [-0.05, 0) is 33.6 Å². The first kappa shape index (κ1) is 16.3. The van der Waals surface area contributed by atoms with Gasteiger partial charge in [0.2, 0.25) is 11.7 Å². The van der Waals surface area contributed by atoms with Gasteiger partial charge in [0.25, 0.3) is 0 Å². The van der Waals surface area contributed by atoms with Crippen molar-refractivity contribution in [3.63, 3.8) is 0 Å². The summed E-state index contributed by atoms with van der Waals surface area (Å²) in [4.78, 5) is 29.0. The third kappa shape index (κ3) is 3.58. The van der Waals surface area contributed by atoms with Crippen molar-refractivity contribution >= 4 is 12.1 Å². The number of hydrogen-bond acceptors (Lipinski definition) is 5. The SMILES string of the molecule is CCc1nc(C2CCN(C(=O)OC(C)(C)C)C2)oc1C(=O)O. The van der Waals surface area contributed by atoms with Crippen LogP contribution in [0, 0.1) is 0 Å². The van der Waals surface area contributed by atoms with Crippen molar-refractivity contribution in [2.24, 2.45) is 0 Å². The number of hydrogen-bond donors (Lipinski definition) is 1. The fourth-order valence-corrected chi connectivity index (χ4v) is 2.41. The summed E-state index contributed by atoms with van der Waals surface area (Å²) in [6.07, 6.45) is 0.811. The Hall–Kier alpha value is -2.05. The third-order valence-electron chi connectivity index (χ3n) is 3.43. The van der Waals surface area contributed by atoms with E-state index in [1.165, 1.54) is 0 Å². The van der Waals surface area contributed by atoms with Gasteiger partial charge in [0.15, 0.2) is 0 Å². The fourth-order valence-electron chi connectivity index (χ4n) is 2.41. The van der Waals surface area contributed by atoms with E-state index >= 15 is 0 Å². The average molecular weight is 310 g/mol. The molecule has 2 heterocycles. The topological polar surface area (TPSA) is 92.9 Å². The molecule has 1 aliphatic heterocycles. The second-order valence-electron chi connectivity index (χ2n) is 6.40. The molecule has 1 aromatic rings. The van der Waals surface area contributed by atoms with Crippen LogP contribution in [0.5, 0.6) is 0 Å². The lowest BCUT2D eigenvalue weighted by Gasteiger charge is -2.24. The van der Waals surface area contributed by atoms with Crippen LogP contribution in [-0.4, -0.2) is 45.7 Å². The summed E-state index contributed by atoms with van der Waals surface area (Å²) in [6.45, 7) is 8.26. The van der Waals surface area contributed by atoms with Gasteiger partial charge in [0.05, 0.1) is 11.6 Å². The molecule has 7 heteroatoms. The second kappa shape index (κ2) is 5.98. The molecule has 0 aromatic carbocycles. The largest absolute Gasteiger partial charge is 0.475 e. The summed E-state index contributed by atoms with van der Waals surface area (Å²) in [5.74, 6) is -0.919. The van der Waals surface area contributed by atoms with Gasteiger partial charge in [-0.3, -0.25) is 0 Å². The highest BCUT2D eigenvalue weighted by atomic mass is 16.6. The molecular weight excluding hydrogens is 288 g/mol. The zero-order valence-electron chi connectivity index (χ0n) is 13.4. The molecule has 0 aliphatic carbocycles. The van der Waals surface area contributed by atoms with Crippen LogP contribution in [0.1, 0.15) is 62.2 Å². The first-order valence-electron chi connectivity index (χ1n) is 7.42. The number of ether oxygens (including phenoxy) is 1. The number of amides is 1. The standard InChI is InChI=1S/C15H22N2O5/c1-5-10-11(13(18)19)21-12(16-10)9-6-7-17(8-9)14(20)22-15(2,3)4/h9H,5-8H2,1-4H3,(H,18,19). The quantitative estimate of drug-likeness (QED) is 0.922. The number of likely N-dealkylation sites (tertiary alicyclic amines) is 1. The second-order valence-corrected chi connectivity index (χ2v) is 6.40. The molecule has 1 saturated heterocycles. The number of carboxylic acid groups (broad SMARTS) is 1. The van der Waals surface area contributed by atoms with Gasteiger partial charge in [-0.2, -0.15) is 0 Å². The Morgan fingerprint density at radius 3 is 2.64 bits per heavy atom. The molecule has 0 radical (unpaired) electrons. The van der Waals surface area contributed by atoms with Gasteiger partial charge >= 0.3 is 12.1 Å². The van der Waals surface area contributed by atoms with Crippen LogP contribution in [0.4, 0.5) is 4.79 Å². The highest BCUT2D eigenvalue weighted by Crippen LogP contribution is 2.29. The third-order valence-corrected chi connectivity index (χ3v) is 3.43. The molecule has 1 N–H and O–H groups in total. The van der Waals surface area contributed by atoms with E-state index in [0.717, 1.165) is 0 Å². The minimum atomic E-state index is -1.11. The molecule has 1 unspecified atom stereocenters. The number of nitrogens with zero attached hydrogens (tertiary/aromatic N) is 2. The monoisotopic (exact) mass is 310 g/mol. The maximum atomic E-state index is 12.0. The van der Waals surface area contributed by atoms with Crippen LogP contribution in [-0.2, 0) is 11.2 Å². The number of aromatic carboxylic acids is 1. The Labute approximate surface area is 129 Å². The Morgan fingerprint density at radius 1 is 1.45 bits per heavy atom. The minimum Gasteiger partial charge on any atom is -0.475 e. The van der Waals surface area contributed by atoms with Crippen LogP contribution >= 0.6 is 0 Å². The minimum absolute atomic E-state index is 0.0917. The Balaban J connectivity index is 2.07. The van der Waals surface area contributed by atoms with Gasteiger partial charge in [-0.15, -0.1) is 0 Å². The highest BCUT2D eigenvalue weighted by molar-refractivity contribution is 5.85. The molecule has 0 spiro atoms. The van der Waals surface area contributed by atoms with E-state index in [4.69, 9.17) is 14.3 Å². The van der Waals surface area contributed by atoms with Gasteiger partial charge in [-0.25, -0.2) is 14.6 Å². The van der Waals surface area contributed by atoms with Crippen LogP contribution in [0.3, 0.4) is 0 Å². The van der Waals surface area contributed by atoms with Crippen LogP contribution < -0.4 is 0 Å². The molecule has 1 aliphatic rings. The molecule has 1 atom stereocenters. The average Bonchev–Trinajstić information content (AvgIpc) is 3.03. The number of carboxylic acids is 1. The van der Waals surface area contributed by atoms with Gasteiger partial charge < -0.3 is 19.2 Å². The molecule has 2 rings (SSSR count). The van der Waals surface area contributed by atoms with Crippen molar-refractivity contribution in [1.82, 2.24) is 9.88 Å². The summed E-state index contributed by atoms with van der Waals surface area (Å²) < 4.78 is 10.7. The summed E-state index contributed by atoms with van der Waals surface area (Å²) in [5, 5.41) is 9.10. The van der Waals surface area contributed by atoms with Crippen LogP contribution in [0.2, 0.25) is 0 Å². The zero-order valence-corrected chi connectivity index (χ0v) is 13.4. The van der Waals surface area contributed by atoms with Crippen molar-refractivity contribution in [2.45, 2.75) is 52.1 Å². The maximum absolute atomic E-state index is 12.0. The predicted octanol–water partition coefficient (Wildman–Crippen LogP) is 2.66. The molecule has 0 saturated carbocycles. The number of aryl methyl sites for hydroxylation is 1. The van der Waals surface area contributed by atoms with Gasteiger partial charge in [-0.1, -0.05) is 6.92 Å². The van der Waals surface area contributed by atoms with Crippen molar-refractivity contribution in [3.05, 3.63) is 17.3 Å². The summed E-state index contributed by atoms with van der Waals surface area (Å²) >= 11 is 0. The number of oxazole rings is 1. The normalized spacial score (nSPS) is 18.5. The van der Waals surface area contributed by atoms with Crippen LogP contribution in [0.25, 0.3) is 0 Å². The van der Waals surface area contributed by atoms with E-state index in [-0.39, 0.29) is 17.8 Å². The zero-order chi connectivity index (χ0) is 16.5. The number of aromatic nitrogens is 1. The van der Waals surface area contributed by atoms with E-state index in [1.807, 2.05) is 27.7 Å². The van der Waals surface area contributed by atoms with Crippen molar-refractivity contribution in [3.8, 4) is 0 Å². The van der Waals surface area contributed by atoms with E-state index in [0.29, 0.717) is 37.5 Å². The highest BCUT2D eigenvalue weighted by Gasteiger charge is 2.34. The summed E-state index contributed by atoms with van der Waals surface area (Å²) in [7, 11) is 0. The Bertz CT molecular complexity index is 573. The van der Waals surface area contributed by atoms with E-state index in [9.17, 15) is 9.59 Å². The molecule has 1 amide bonds. The lowest BCUT2D eigenvalue weighted by molar-refractivity contribution is 0.0291. The molecule has 0 bridgehead atoms. The first-order valence-corrected chi connectivity index (χ1v) is 7.42. The summed E-state index contributed by atoms with van der Waals surface area (Å²) in [5.41, 5.74) is -0.0949. The van der Waals surface area contributed by atoms with E-state index in [1.54, 1.807) is 4.90 Å². The van der Waals surface area contributed by atoms with Gasteiger partial charge in [0, 0.05) is 13.1 Å². The number of carbonyl (C=O) groups is 2. The smallest absolute Gasteiger partial charge is 0.410 e. The van der Waals surface area contributed by atoms with Crippen molar-refractivity contribution in [1.29, 1.82) is 0 Å². The fraction of sp³-hybridized carbons (Fsp3) is 0.667. The molecule has 7 nitrogen and oxygen atoms in total. The number of carbonyl (C=O) groups excluding carboxylic acids is 1. The first-order chi connectivity index (χ1) is 10.2. The molecular formula is C15H22N2O5. The molecule has 22 heavy (non-hydrogen) atoms.